The van der Waals surface area contributed by atoms with Crippen molar-refractivity contribution in [1.82, 2.24) is 9.97 Å². The topological polar surface area (TPSA) is 67.4 Å². The minimum absolute atomic E-state index is 0. The van der Waals surface area contributed by atoms with Crippen LogP contribution in [0.4, 0.5) is 15.9 Å². The molecule has 0 radical (unpaired) electrons. The molecule has 0 spiro atoms. The minimum Gasteiger partial charge on any atom is -0.489 e. The van der Waals surface area contributed by atoms with Crippen molar-refractivity contribution in [2.45, 2.75) is 39.3 Å². The first kappa shape index (κ1) is 23.5. The number of hydrogen-bond acceptors (Lipinski definition) is 5. The first-order chi connectivity index (χ1) is 14.9. The summed E-state index contributed by atoms with van der Waals surface area (Å²) in [6, 6.07) is 13.9. The molecule has 0 fully saturated rings. The van der Waals surface area contributed by atoms with Gasteiger partial charge in [0.05, 0.1) is 5.69 Å². The first-order valence-corrected chi connectivity index (χ1v) is 10.3. The van der Waals surface area contributed by atoms with Crippen molar-refractivity contribution >= 4 is 30.9 Å². The van der Waals surface area contributed by atoms with Gasteiger partial charge < -0.3 is 15.0 Å². The lowest BCUT2D eigenvalue weighted by Crippen LogP contribution is -2.45. The molecular weight excluding hydrogens is 427 g/mol. The van der Waals surface area contributed by atoms with E-state index in [2.05, 4.69) is 10.3 Å². The van der Waals surface area contributed by atoms with Crippen LogP contribution in [0.5, 0.6) is 5.75 Å². The summed E-state index contributed by atoms with van der Waals surface area (Å²) in [5.74, 6) is 1.98. The second-order valence-corrected chi connectivity index (χ2v) is 7.76. The largest absolute Gasteiger partial charge is 0.489 e. The zero-order valence-electron chi connectivity index (χ0n) is 18.4. The van der Waals surface area contributed by atoms with Crippen molar-refractivity contribution in [1.29, 1.82) is 0 Å². The monoisotopic (exact) mass is 454 g/mol. The van der Waals surface area contributed by atoms with Gasteiger partial charge in [0.25, 0.3) is 0 Å². The quantitative estimate of drug-likeness (QED) is 0.605. The van der Waals surface area contributed by atoms with E-state index in [-0.39, 0.29) is 31.3 Å². The SMILES string of the molecule is Cc1nc(CCc2ccc(OCc3ccc(F)cc3)cc2)nc2c1NC(=O)[C@H](C)N2C.S. The molecule has 1 aromatic heterocycles. The van der Waals surface area contributed by atoms with Crippen molar-refractivity contribution in [2.24, 2.45) is 0 Å². The summed E-state index contributed by atoms with van der Waals surface area (Å²) in [5, 5.41) is 2.90. The number of ether oxygens (including phenoxy) is 1. The number of aromatic nitrogens is 2. The Kier molecular flexibility index (Phi) is 7.35. The lowest BCUT2D eigenvalue weighted by molar-refractivity contribution is -0.117. The van der Waals surface area contributed by atoms with E-state index in [0.29, 0.717) is 18.7 Å². The minimum atomic E-state index is -0.267. The molecule has 0 saturated carbocycles. The molecular formula is C24H27FN4O2S. The second-order valence-electron chi connectivity index (χ2n) is 7.76. The van der Waals surface area contributed by atoms with E-state index >= 15 is 0 Å². The van der Waals surface area contributed by atoms with Crippen LogP contribution in [-0.4, -0.2) is 29.0 Å². The number of likely N-dealkylation sites (N-methyl/N-ethyl adjacent to an activating group) is 1. The van der Waals surface area contributed by atoms with E-state index in [1.54, 1.807) is 12.1 Å². The smallest absolute Gasteiger partial charge is 0.246 e. The number of nitrogens with one attached hydrogen (secondary N) is 1. The molecule has 1 aliphatic heterocycles. The summed E-state index contributed by atoms with van der Waals surface area (Å²) in [6.45, 7) is 4.14. The molecule has 168 valence electrons. The van der Waals surface area contributed by atoms with Crippen molar-refractivity contribution in [3.8, 4) is 5.75 Å². The van der Waals surface area contributed by atoms with Gasteiger partial charge in [0, 0.05) is 13.5 Å². The number of carbonyl (C=O) groups excluding carboxylic acids is 1. The highest BCUT2D eigenvalue weighted by Crippen LogP contribution is 2.31. The number of anilines is 2. The Hall–Kier alpha value is -3.13. The van der Waals surface area contributed by atoms with E-state index in [9.17, 15) is 9.18 Å². The highest BCUT2D eigenvalue weighted by Gasteiger charge is 2.30. The molecule has 0 saturated heterocycles. The van der Waals surface area contributed by atoms with Crippen molar-refractivity contribution in [2.75, 3.05) is 17.3 Å². The Labute approximate surface area is 194 Å². The fraction of sp³-hybridized carbons (Fsp3) is 0.292. The standard InChI is InChI=1S/C24H25FN4O2.H2S/c1-15-22-23(29(3)16(2)24(30)28-22)27-21(26-15)13-8-17-6-11-20(12-7-17)31-14-18-4-9-19(25)10-5-18;/h4-7,9-12,16H,8,13-14H2,1-3H3,(H,28,30);1H2/t16-;/m0./s1. The van der Waals surface area contributed by atoms with Gasteiger partial charge in [-0.1, -0.05) is 24.3 Å². The van der Waals surface area contributed by atoms with Crippen LogP contribution < -0.4 is 15.0 Å². The van der Waals surface area contributed by atoms with E-state index in [4.69, 9.17) is 9.72 Å². The number of carbonyl (C=O) groups is 1. The molecule has 0 aliphatic carbocycles. The van der Waals surface area contributed by atoms with Crippen LogP contribution in [0.25, 0.3) is 0 Å². The summed E-state index contributed by atoms with van der Waals surface area (Å²) >= 11 is 0. The highest BCUT2D eigenvalue weighted by molar-refractivity contribution is 7.59. The van der Waals surface area contributed by atoms with E-state index in [0.717, 1.165) is 40.6 Å². The van der Waals surface area contributed by atoms with Crippen molar-refractivity contribution in [3.05, 3.63) is 77.0 Å². The predicted octanol–water partition coefficient (Wildman–Crippen LogP) is 4.18. The Morgan fingerprint density at radius 3 is 2.38 bits per heavy atom. The molecule has 6 nitrogen and oxygen atoms in total. The van der Waals surface area contributed by atoms with Crippen LogP contribution in [0.3, 0.4) is 0 Å². The molecule has 0 unspecified atom stereocenters. The molecule has 1 amide bonds. The maximum atomic E-state index is 13.0. The third-order valence-corrected chi connectivity index (χ3v) is 5.54. The number of benzene rings is 2. The van der Waals surface area contributed by atoms with Gasteiger partial charge >= 0.3 is 0 Å². The highest BCUT2D eigenvalue weighted by atomic mass is 32.1. The molecule has 3 aromatic rings. The van der Waals surface area contributed by atoms with Gasteiger partial charge in [-0.2, -0.15) is 13.5 Å². The fourth-order valence-electron chi connectivity index (χ4n) is 3.47. The number of aryl methyl sites for hydroxylation is 3. The molecule has 1 atom stereocenters. The molecule has 0 bridgehead atoms. The first-order valence-electron chi connectivity index (χ1n) is 10.3. The fourth-order valence-corrected chi connectivity index (χ4v) is 3.47. The summed E-state index contributed by atoms with van der Waals surface area (Å²) in [5.41, 5.74) is 3.54. The second kappa shape index (κ2) is 9.99. The number of amides is 1. The molecule has 2 aromatic carbocycles. The third-order valence-electron chi connectivity index (χ3n) is 5.54. The number of rotatable bonds is 6. The zero-order chi connectivity index (χ0) is 22.0. The maximum Gasteiger partial charge on any atom is 0.246 e. The van der Waals surface area contributed by atoms with Crippen molar-refractivity contribution in [3.63, 3.8) is 0 Å². The molecule has 2 heterocycles. The van der Waals surface area contributed by atoms with Crippen LogP contribution in [-0.2, 0) is 24.2 Å². The van der Waals surface area contributed by atoms with Gasteiger partial charge in [-0.15, -0.1) is 0 Å². The average molecular weight is 455 g/mol. The van der Waals surface area contributed by atoms with Crippen LogP contribution in [0.2, 0.25) is 0 Å². The Morgan fingerprint density at radius 1 is 1.03 bits per heavy atom. The van der Waals surface area contributed by atoms with Gasteiger partial charge in [0.1, 0.15) is 35.7 Å². The van der Waals surface area contributed by atoms with Crippen LogP contribution in [0.1, 0.15) is 29.6 Å². The number of fused-ring (bicyclic) bond motifs is 1. The Bertz CT molecular complexity index is 1090. The molecule has 8 heteroatoms. The summed E-state index contributed by atoms with van der Waals surface area (Å²) in [4.78, 5) is 23.2. The number of hydrogen-bond donors (Lipinski definition) is 1. The zero-order valence-corrected chi connectivity index (χ0v) is 19.4. The third kappa shape index (κ3) is 5.19. The van der Waals surface area contributed by atoms with Crippen molar-refractivity contribution < 1.29 is 13.9 Å². The van der Waals surface area contributed by atoms with E-state index in [1.165, 1.54) is 12.1 Å². The normalized spacial score (nSPS) is 14.9. The summed E-state index contributed by atoms with van der Waals surface area (Å²) < 4.78 is 18.7. The van der Waals surface area contributed by atoms with Crippen LogP contribution >= 0.6 is 13.5 Å². The summed E-state index contributed by atoms with van der Waals surface area (Å²) in [7, 11) is 1.88. The van der Waals surface area contributed by atoms with Gasteiger partial charge in [0.15, 0.2) is 5.82 Å². The Morgan fingerprint density at radius 2 is 1.69 bits per heavy atom. The molecule has 1 N–H and O–H groups in total. The van der Waals surface area contributed by atoms with Gasteiger partial charge in [-0.25, -0.2) is 14.4 Å². The molecule has 32 heavy (non-hydrogen) atoms. The summed E-state index contributed by atoms with van der Waals surface area (Å²) in [6.07, 6.45) is 1.49. The average Bonchev–Trinajstić information content (AvgIpc) is 2.77. The molecule has 4 rings (SSSR count). The lowest BCUT2D eigenvalue weighted by Gasteiger charge is -2.32. The number of nitrogens with zero attached hydrogens (tertiary/aromatic N) is 3. The number of halogens is 1. The Balaban J connectivity index is 0.00000289. The van der Waals surface area contributed by atoms with Gasteiger partial charge in [-0.3, -0.25) is 4.79 Å². The lowest BCUT2D eigenvalue weighted by atomic mass is 10.1. The van der Waals surface area contributed by atoms with E-state index in [1.807, 2.05) is 50.1 Å². The van der Waals surface area contributed by atoms with Gasteiger partial charge in [-0.05, 0) is 55.7 Å². The van der Waals surface area contributed by atoms with E-state index < -0.39 is 0 Å². The van der Waals surface area contributed by atoms with Crippen LogP contribution in [0, 0.1) is 12.7 Å². The van der Waals surface area contributed by atoms with Gasteiger partial charge in [0.2, 0.25) is 5.91 Å². The predicted molar refractivity (Wildman–Crippen MR) is 128 cm³/mol. The molecule has 1 aliphatic rings. The van der Waals surface area contributed by atoms with Crippen LogP contribution in [0.15, 0.2) is 48.5 Å². The maximum absolute atomic E-state index is 13.0.